The van der Waals surface area contributed by atoms with E-state index in [1.54, 1.807) is 14.0 Å². The lowest BCUT2D eigenvalue weighted by atomic mass is 9.84. The topological polar surface area (TPSA) is 73.6 Å². The third-order valence-corrected chi connectivity index (χ3v) is 3.54. The molecule has 0 aromatic heterocycles. The highest BCUT2D eigenvalue weighted by Crippen LogP contribution is 2.31. The maximum Gasteiger partial charge on any atom is 0.248 e. The average molecular weight is 258 g/mol. The normalized spacial score (nSPS) is 20.4. The first kappa shape index (κ1) is 15.4. The maximum atomic E-state index is 11.8. The molecule has 0 radical (unpaired) electrons. The lowest BCUT2D eigenvalue weighted by molar-refractivity contribution is -0.149. The van der Waals surface area contributed by atoms with Gasteiger partial charge in [0, 0.05) is 20.2 Å². The van der Waals surface area contributed by atoms with Crippen LogP contribution in [0.4, 0.5) is 0 Å². The van der Waals surface area contributed by atoms with Crippen molar-refractivity contribution in [2.75, 3.05) is 26.8 Å². The second-order valence-corrected chi connectivity index (χ2v) is 4.99. The molecule has 0 aromatic carbocycles. The summed E-state index contributed by atoms with van der Waals surface area (Å²) < 4.78 is 10.8. The van der Waals surface area contributed by atoms with Crippen LogP contribution in [-0.4, -0.2) is 44.4 Å². The van der Waals surface area contributed by atoms with Gasteiger partial charge in [-0.1, -0.05) is 19.3 Å². The molecule has 1 aliphatic rings. The van der Waals surface area contributed by atoms with Gasteiger partial charge in [0.05, 0.1) is 12.2 Å². The minimum Gasteiger partial charge on any atom is -0.383 e. The van der Waals surface area contributed by atoms with Crippen molar-refractivity contribution in [1.82, 2.24) is 5.32 Å². The summed E-state index contributed by atoms with van der Waals surface area (Å²) in [7, 11) is 1.61. The zero-order chi connectivity index (χ0) is 13.4. The van der Waals surface area contributed by atoms with Crippen molar-refractivity contribution in [3.63, 3.8) is 0 Å². The van der Waals surface area contributed by atoms with Gasteiger partial charge in [0.2, 0.25) is 5.91 Å². The first-order chi connectivity index (χ1) is 8.63. The van der Waals surface area contributed by atoms with E-state index in [0.717, 1.165) is 25.7 Å². The van der Waals surface area contributed by atoms with E-state index in [9.17, 15) is 4.79 Å². The van der Waals surface area contributed by atoms with Gasteiger partial charge in [-0.05, 0) is 19.8 Å². The number of nitrogens with two attached hydrogens (primary N) is 1. The molecular weight excluding hydrogens is 232 g/mol. The summed E-state index contributed by atoms with van der Waals surface area (Å²) in [4.78, 5) is 11.8. The molecule has 106 valence electrons. The van der Waals surface area contributed by atoms with Gasteiger partial charge in [-0.25, -0.2) is 0 Å². The molecule has 0 bridgehead atoms. The first-order valence-electron chi connectivity index (χ1n) is 6.78. The second kappa shape index (κ2) is 7.71. The van der Waals surface area contributed by atoms with Crippen LogP contribution in [0.25, 0.3) is 0 Å². The molecule has 0 aromatic rings. The Labute approximate surface area is 109 Å². The number of hydrogen-bond acceptors (Lipinski definition) is 4. The average Bonchev–Trinajstić information content (AvgIpc) is 2.40. The molecule has 18 heavy (non-hydrogen) atoms. The zero-order valence-electron chi connectivity index (χ0n) is 11.5. The molecule has 0 spiro atoms. The largest absolute Gasteiger partial charge is 0.383 e. The van der Waals surface area contributed by atoms with Gasteiger partial charge in [-0.15, -0.1) is 0 Å². The lowest BCUT2D eigenvalue weighted by Crippen LogP contribution is -2.48. The van der Waals surface area contributed by atoms with Gasteiger partial charge in [0.25, 0.3) is 0 Å². The van der Waals surface area contributed by atoms with Gasteiger partial charge >= 0.3 is 0 Å². The van der Waals surface area contributed by atoms with E-state index < -0.39 is 6.10 Å². The van der Waals surface area contributed by atoms with Crippen LogP contribution in [0.1, 0.15) is 39.0 Å². The van der Waals surface area contributed by atoms with Gasteiger partial charge in [0.15, 0.2) is 0 Å². The van der Waals surface area contributed by atoms with E-state index in [2.05, 4.69) is 5.32 Å². The van der Waals surface area contributed by atoms with E-state index in [0.29, 0.717) is 19.7 Å². The number of ether oxygens (including phenoxy) is 2. The summed E-state index contributed by atoms with van der Waals surface area (Å²) in [6.07, 6.45) is 4.96. The standard InChI is InChI=1S/C13H26N2O3/c1-11(12(16)15-8-9-17-2)18-13(10-14)6-4-3-5-7-13/h11H,3-10,14H2,1-2H3,(H,15,16). The van der Waals surface area contributed by atoms with Crippen LogP contribution in [0.15, 0.2) is 0 Å². The molecule has 1 unspecified atom stereocenters. The number of nitrogens with one attached hydrogen (secondary N) is 1. The monoisotopic (exact) mass is 258 g/mol. The Morgan fingerprint density at radius 2 is 2.06 bits per heavy atom. The molecular formula is C13H26N2O3. The molecule has 5 heteroatoms. The highest BCUT2D eigenvalue weighted by Gasteiger charge is 2.34. The summed E-state index contributed by atoms with van der Waals surface area (Å²) in [5.41, 5.74) is 5.54. The summed E-state index contributed by atoms with van der Waals surface area (Å²) in [5, 5.41) is 2.78. The van der Waals surface area contributed by atoms with Crippen molar-refractivity contribution in [2.24, 2.45) is 5.73 Å². The predicted molar refractivity (Wildman–Crippen MR) is 70.3 cm³/mol. The lowest BCUT2D eigenvalue weighted by Gasteiger charge is -2.38. The highest BCUT2D eigenvalue weighted by atomic mass is 16.5. The van der Waals surface area contributed by atoms with E-state index in [1.807, 2.05) is 0 Å². The van der Waals surface area contributed by atoms with Gasteiger partial charge in [0.1, 0.15) is 6.10 Å². The number of carbonyl (C=O) groups excluding carboxylic acids is 1. The van der Waals surface area contributed by atoms with E-state index in [4.69, 9.17) is 15.2 Å². The highest BCUT2D eigenvalue weighted by molar-refractivity contribution is 5.80. The minimum absolute atomic E-state index is 0.0922. The zero-order valence-corrected chi connectivity index (χ0v) is 11.5. The molecule has 1 rings (SSSR count). The summed E-state index contributed by atoms with van der Waals surface area (Å²) in [6, 6.07) is 0. The molecule has 0 saturated heterocycles. The summed E-state index contributed by atoms with van der Waals surface area (Å²) in [5.74, 6) is -0.0922. The molecule has 1 saturated carbocycles. The smallest absolute Gasteiger partial charge is 0.248 e. The Kier molecular flexibility index (Phi) is 6.60. The molecule has 5 nitrogen and oxygen atoms in total. The van der Waals surface area contributed by atoms with Crippen molar-refractivity contribution in [3.8, 4) is 0 Å². The van der Waals surface area contributed by atoms with E-state index in [-0.39, 0.29) is 11.5 Å². The van der Waals surface area contributed by atoms with Crippen LogP contribution in [-0.2, 0) is 14.3 Å². The van der Waals surface area contributed by atoms with Gasteiger partial charge in [-0.3, -0.25) is 4.79 Å². The third-order valence-electron chi connectivity index (χ3n) is 3.54. The van der Waals surface area contributed by atoms with Crippen molar-refractivity contribution in [3.05, 3.63) is 0 Å². The third kappa shape index (κ3) is 4.55. The second-order valence-electron chi connectivity index (χ2n) is 4.99. The molecule has 1 amide bonds. The van der Waals surface area contributed by atoms with Gasteiger partial charge in [-0.2, -0.15) is 0 Å². The number of carbonyl (C=O) groups is 1. The fourth-order valence-electron chi connectivity index (χ4n) is 2.41. The predicted octanol–water partition coefficient (Wildman–Crippen LogP) is 0.816. The number of amides is 1. The molecule has 3 N–H and O–H groups in total. The Balaban J connectivity index is 2.40. The van der Waals surface area contributed by atoms with Crippen LogP contribution in [0.3, 0.4) is 0 Å². The number of hydrogen-bond donors (Lipinski definition) is 2. The fourth-order valence-corrected chi connectivity index (χ4v) is 2.41. The van der Waals surface area contributed by atoms with Crippen LogP contribution in [0.5, 0.6) is 0 Å². The van der Waals surface area contributed by atoms with Crippen LogP contribution >= 0.6 is 0 Å². The Hall–Kier alpha value is -0.650. The SMILES string of the molecule is COCCNC(=O)C(C)OC1(CN)CCCCC1. The van der Waals surface area contributed by atoms with Gasteiger partial charge < -0.3 is 20.5 Å². The molecule has 0 aliphatic heterocycles. The van der Waals surface area contributed by atoms with Crippen molar-refractivity contribution in [1.29, 1.82) is 0 Å². The summed E-state index contributed by atoms with van der Waals surface area (Å²) >= 11 is 0. The number of rotatable bonds is 7. The molecule has 0 heterocycles. The van der Waals surface area contributed by atoms with Crippen LogP contribution < -0.4 is 11.1 Å². The van der Waals surface area contributed by atoms with Crippen molar-refractivity contribution < 1.29 is 14.3 Å². The van der Waals surface area contributed by atoms with Crippen LogP contribution in [0, 0.1) is 0 Å². The van der Waals surface area contributed by atoms with E-state index >= 15 is 0 Å². The molecule has 1 atom stereocenters. The summed E-state index contributed by atoms with van der Waals surface area (Å²) in [6.45, 7) is 3.30. The molecule has 1 aliphatic carbocycles. The first-order valence-corrected chi connectivity index (χ1v) is 6.78. The van der Waals surface area contributed by atoms with E-state index in [1.165, 1.54) is 6.42 Å². The Bertz CT molecular complexity index is 253. The van der Waals surface area contributed by atoms with Crippen molar-refractivity contribution >= 4 is 5.91 Å². The Morgan fingerprint density at radius 3 is 2.61 bits per heavy atom. The van der Waals surface area contributed by atoms with Crippen molar-refractivity contribution in [2.45, 2.75) is 50.7 Å². The fraction of sp³-hybridized carbons (Fsp3) is 0.923. The maximum absolute atomic E-state index is 11.8. The number of methoxy groups -OCH3 is 1. The molecule has 1 fully saturated rings. The quantitative estimate of drug-likeness (QED) is 0.663. The minimum atomic E-state index is -0.455. The van der Waals surface area contributed by atoms with Crippen LogP contribution in [0.2, 0.25) is 0 Å². The Morgan fingerprint density at radius 1 is 1.39 bits per heavy atom.